The van der Waals surface area contributed by atoms with Gasteiger partial charge in [0, 0.05) is 18.7 Å². The first-order valence-electron chi connectivity index (χ1n) is 7.15. The molecule has 21 heavy (non-hydrogen) atoms. The molecule has 0 bridgehead atoms. The van der Waals surface area contributed by atoms with Crippen LogP contribution in [0.2, 0.25) is 0 Å². The largest absolute Gasteiger partial charge is 0.408 e. The van der Waals surface area contributed by atoms with Crippen molar-refractivity contribution >= 4 is 11.0 Å². The molecule has 0 fully saturated rings. The van der Waals surface area contributed by atoms with Crippen LogP contribution in [-0.4, -0.2) is 9.55 Å². The van der Waals surface area contributed by atoms with Crippen LogP contribution in [0, 0.1) is 13.8 Å². The van der Waals surface area contributed by atoms with Crippen molar-refractivity contribution in [1.82, 2.24) is 9.55 Å². The van der Waals surface area contributed by atoms with E-state index in [1.807, 2.05) is 39.0 Å². The molecule has 3 aromatic rings. The molecule has 0 spiro atoms. The number of aryl methyl sites for hydroxylation is 2. The topological polar surface area (TPSA) is 48.0 Å². The molecule has 0 aliphatic carbocycles. The molecule has 3 rings (SSSR count). The van der Waals surface area contributed by atoms with E-state index in [4.69, 9.17) is 4.42 Å². The monoisotopic (exact) mass is 282 g/mol. The normalized spacial score (nSPS) is 11.2. The zero-order valence-corrected chi connectivity index (χ0v) is 12.5. The summed E-state index contributed by atoms with van der Waals surface area (Å²) in [6.07, 6.45) is 0.611. The molecule has 0 saturated carbocycles. The number of aromatic nitrogens is 2. The van der Waals surface area contributed by atoms with Gasteiger partial charge in [0.15, 0.2) is 11.5 Å². The number of hydrogen-bond acceptors (Lipinski definition) is 3. The molecule has 0 aliphatic rings. The Bertz CT molecular complexity index is 845. The van der Waals surface area contributed by atoms with Crippen molar-refractivity contribution < 1.29 is 4.42 Å². The van der Waals surface area contributed by atoms with Gasteiger partial charge in [-0.3, -0.25) is 0 Å². The Hall–Kier alpha value is -2.36. The van der Waals surface area contributed by atoms with E-state index < -0.39 is 0 Å². The molecule has 4 heteroatoms. The minimum absolute atomic E-state index is 0.288. The Balaban J connectivity index is 2.24. The van der Waals surface area contributed by atoms with E-state index in [1.54, 1.807) is 0 Å². The second-order valence-corrected chi connectivity index (χ2v) is 5.23. The average molecular weight is 282 g/mol. The molecule has 4 nitrogen and oxygen atoms in total. The minimum atomic E-state index is -0.288. The van der Waals surface area contributed by atoms with Gasteiger partial charge in [-0.25, -0.2) is 4.79 Å². The summed E-state index contributed by atoms with van der Waals surface area (Å²) in [4.78, 5) is 16.7. The lowest BCUT2D eigenvalue weighted by Gasteiger charge is -2.08. The molecular formula is C17H18N2O2. The fourth-order valence-corrected chi connectivity index (χ4v) is 2.62. The van der Waals surface area contributed by atoms with Crippen LogP contribution >= 0.6 is 0 Å². The lowest BCUT2D eigenvalue weighted by atomic mass is 10.2. The van der Waals surface area contributed by atoms with Crippen molar-refractivity contribution in [2.75, 3.05) is 0 Å². The molecule has 0 atom stereocenters. The molecule has 0 unspecified atom stereocenters. The quantitative estimate of drug-likeness (QED) is 0.741. The number of benzene rings is 1. The van der Waals surface area contributed by atoms with Crippen LogP contribution in [-0.2, 0) is 13.0 Å². The number of rotatable bonds is 3. The zero-order chi connectivity index (χ0) is 15.0. The van der Waals surface area contributed by atoms with E-state index in [9.17, 15) is 4.79 Å². The standard InChI is InChI=1S/C17H18N2O2/c1-4-14-18-16-15(17(20)21-14)11(2)12(3)19(16)10-13-8-6-5-7-9-13/h5-9H,4,10H2,1-3H3. The van der Waals surface area contributed by atoms with E-state index in [0.29, 0.717) is 24.2 Å². The fraction of sp³-hybridized carbons (Fsp3) is 0.294. The first kappa shape index (κ1) is 13.6. The predicted octanol–water partition coefficient (Wildman–Crippen LogP) is 3.22. The average Bonchev–Trinajstić information content (AvgIpc) is 2.73. The van der Waals surface area contributed by atoms with Gasteiger partial charge in [0.2, 0.25) is 0 Å². The highest BCUT2D eigenvalue weighted by Crippen LogP contribution is 2.22. The van der Waals surface area contributed by atoms with Crippen molar-refractivity contribution in [2.45, 2.75) is 33.7 Å². The van der Waals surface area contributed by atoms with E-state index >= 15 is 0 Å². The van der Waals surface area contributed by atoms with E-state index in [-0.39, 0.29) is 5.63 Å². The van der Waals surface area contributed by atoms with E-state index in [2.05, 4.69) is 21.7 Å². The van der Waals surface area contributed by atoms with Crippen molar-refractivity contribution in [2.24, 2.45) is 0 Å². The maximum atomic E-state index is 12.2. The second kappa shape index (κ2) is 5.20. The molecule has 2 aromatic heterocycles. The van der Waals surface area contributed by atoms with Crippen LogP contribution in [0.1, 0.15) is 29.6 Å². The van der Waals surface area contributed by atoms with Crippen molar-refractivity contribution in [3.05, 3.63) is 63.5 Å². The van der Waals surface area contributed by atoms with Crippen LogP contribution < -0.4 is 5.63 Å². The van der Waals surface area contributed by atoms with Crippen LogP contribution in [0.5, 0.6) is 0 Å². The Labute approximate surface area is 123 Å². The smallest absolute Gasteiger partial charge is 0.348 e. The van der Waals surface area contributed by atoms with Gasteiger partial charge < -0.3 is 8.98 Å². The van der Waals surface area contributed by atoms with Gasteiger partial charge in [0.05, 0.1) is 0 Å². The Morgan fingerprint density at radius 3 is 2.57 bits per heavy atom. The van der Waals surface area contributed by atoms with Gasteiger partial charge in [-0.05, 0) is 25.0 Å². The molecule has 0 amide bonds. The molecule has 108 valence electrons. The Kier molecular flexibility index (Phi) is 3.37. The third-order valence-corrected chi connectivity index (χ3v) is 3.93. The highest BCUT2D eigenvalue weighted by Gasteiger charge is 2.17. The van der Waals surface area contributed by atoms with Crippen molar-refractivity contribution in [1.29, 1.82) is 0 Å². The SMILES string of the molecule is CCc1nc2c(c(C)c(C)n2Cc2ccccc2)c(=O)o1. The van der Waals surface area contributed by atoms with Gasteiger partial charge in [0.25, 0.3) is 0 Å². The van der Waals surface area contributed by atoms with E-state index in [1.165, 1.54) is 5.56 Å². The Morgan fingerprint density at radius 1 is 1.19 bits per heavy atom. The summed E-state index contributed by atoms with van der Waals surface area (Å²) in [5, 5.41) is 0.598. The fourth-order valence-electron chi connectivity index (χ4n) is 2.62. The van der Waals surface area contributed by atoms with Crippen LogP contribution in [0.4, 0.5) is 0 Å². The van der Waals surface area contributed by atoms with Crippen LogP contribution in [0.15, 0.2) is 39.5 Å². The molecule has 0 N–H and O–H groups in total. The number of nitrogens with zero attached hydrogens (tertiary/aromatic N) is 2. The molecule has 0 aliphatic heterocycles. The minimum Gasteiger partial charge on any atom is -0.408 e. The maximum absolute atomic E-state index is 12.2. The summed E-state index contributed by atoms with van der Waals surface area (Å²) in [5.74, 6) is 0.485. The molecule has 0 saturated heterocycles. The maximum Gasteiger partial charge on any atom is 0.348 e. The van der Waals surface area contributed by atoms with E-state index in [0.717, 1.165) is 16.9 Å². The highest BCUT2D eigenvalue weighted by atomic mass is 16.4. The summed E-state index contributed by atoms with van der Waals surface area (Å²) < 4.78 is 7.35. The third-order valence-electron chi connectivity index (χ3n) is 3.93. The molecular weight excluding hydrogens is 264 g/mol. The summed E-state index contributed by atoms with van der Waals surface area (Å²) >= 11 is 0. The van der Waals surface area contributed by atoms with Gasteiger partial charge in [-0.2, -0.15) is 4.98 Å². The molecule has 1 aromatic carbocycles. The predicted molar refractivity (Wildman–Crippen MR) is 82.7 cm³/mol. The van der Waals surface area contributed by atoms with Gasteiger partial charge in [0.1, 0.15) is 5.39 Å². The first-order chi connectivity index (χ1) is 10.1. The lowest BCUT2D eigenvalue weighted by molar-refractivity contribution is 0.448. The van der Waals surface area contributed by atoms with Crippen molar-refractivity contribution in [3.8, 4) is 0 Å². The highest BCUT2D eigenvalue weighted by molar-refractivity contribution is 5.80. The van der Waals surface area contributed by atoms with Crippen LogP contribution in [0.3, 0.4) is 0 Å². The molecule has 0 radical (unpaired) electrons. The number of hydrogen-bond donors (Lipinski definition) is 0. The van der Waals surface area contributed by atoms with Gasteiger partial charge >= 0.3 is 5.63 Å². The zero-order valence-electron chi connectivity index (χ0n) is 12.5. The van der Waals surface area contributed by atoms with Gasteiger partial charge in [-0.15, -0.1) is 0 Å². The lowest BCUT2D eigenvalue weighted by Crippen LogP contribution is -2.07. The first-order valence-corrected chi connectivity index (χ1v) is 7.15. The summed E-state index contributed by atoms with van der Waals surface area (Å²) in [7, 11) is 0. The summed E-state index contributed by atoms with van der Waals surface area (Å²) in [6.45, 7) is 6.60. The molecule has 2 heterocycles. The number of fused-ring (bicyclic) bond motifs is 1. The summed E-state index contributed by atoms with van der Waals surface area (Å²) in [6, 6.07) is 10.2. The second-order valence-electron chi connectivity index (χ2n) is 5.23. The van der Waals surface area contributed by atoms with Crippen LogP contribution in [0.25, 0.3) is 11.0 Å². The van der Waals surface area contributed by atoms with Gasteiger partial charge in [-0.1, -0.05) is 37.3 Å². The summed E-state index contributed by atoms with van der Waals surface area (Å²) in [5.41, 5.74) is 3.63. The van der Waals surface area contributed by atoms with Crippen molar-refractivity contribution in [3.63, 3.8) is 0 Å². The Morgan fingerprint density at radius 2 is 1.90 bits per heavy atom. The third kappa shape index (κ3) is 2.27.